The lowest BCUT2D eigenvalue weighted by molar-refractivity contribution is 0.0656. The van der Waals surface area contributed by atoms with E-state index in [4.69, 9.17) is 19.5 Å². The second kappa shape index (κ2) is 6.17. The van der Waals surface area contributed by atoms with Crippen molar-refractivity contribution in [2.75, 3.05) is 7.11 Å². The van der Waals surface area contributed by atoms with Gasteiger partial charge >= 0.3 is 5.97 Å². The lowest BCUT2D eigenvalue weighted by atomic mass is 10.1. The highest BCUT2D eigenvalue weighted by atomic mass is 32.2. The zero-order chi connectivity index (χ0) is 14.5. The van der Waals surface area contributed by atoms with Gasteiger partial charge in [0, 0.05) is 5.75 Å². The summed E-state index contributed by atoms with van der Waals surface area (Å²) in [5.74, 6) is -0.0488. The Morgan fingerprint density at radius 3 is 2.85 bits per heavy atom. The fraction of sp³-hybridized carbons (Fsp3) is 0.143. The summed E-state index contributed by atoms with van der Waals surface area (Å²) in [7, 11) is 1.51. The van der Waals surface area contributed by atoms with Crippen LogP contribution >= 0.6 is 11.8 Å². The number of thioether (sulfide) groups is 1. The Bertz CT molecular complexity index is 672. The van der Waals surface area contributed by atoms with Crippen LogP contribution < -0.4 is 4.74 Å². The third-order valence-electron chi connectivity index (χ3n) is 2.56. The van der Waals surface area contributed by atoms with E-state index in [1.165, 1.54) is 24.9 Å². The SMILES string of the molecule is COc1cc(CSc2ccc(C(=O)O)o2)ccc1C#N. The van der Waals surface area contributed by atoms with Gasteiger partial charge in [-0.1, -0.05) is 17.8 Å². The molecule has 5 nitrogen and oxygen atoms in total. The summed E-state index contributed by atoms with van der Waals surface area (Å²) in [5, 5.41) is 18.2. The molecule has 0 fully saturated rings. The van der Waals surface area contributed by atoms with E-state index in [-0.39, 0.29) is 5.76 Å². The molecule has 0 saturated heterocycles. The first-order valence-electron chi connectivity index (χ1n) is 5.67. The molecular weight excluding hydrogens is 278 g/mol. The first kappa shape index (κ1) is 14.0. The van der Waals surface area contributed by atoms with Crippen LogP contribution in [0.1, 0.15) is 21.7 Å². The molecule has 1 heterocycles. The zero-order valence-corrected chi connectivity index (χ0v) is 11.4. The van der Waals surface area contributed by atoms with Crippen molar-refractivity contribution in [2.24, 2.45) is 0 Å². The van der Waals surface area contributed by atoms with Gasteiger partial charge in [0.15, 0.2) is 5.09 Å². The van der Waals surface area contributed by atoms with Gasteiger partial charge in [0.1, 0.15) is 11.8 Å². The molecule has 0 saturated carbocycles. The molecule has 0 radical (unpaired) electrons. The summed E-state index contributed by atoms with van der Waals surface area (Å²) in [6.07, 6.45) is 0. The van der Waals surface area contributed by atoms with Crippen LogP contribution in [0.15, 0.2) is 39.8 Å². The van der Waals surface area contributed by atoms with E-state index in [2.05, 4.69) is 0 Å². The highest BCUT2D eigenvalue weighted by Crippen LogP contribution is 2.27. The third kappa shape index (κ3) is 3.13. The number of rotatable bonds is 5. The van der Waals surface area contributed by atoms with Gasteiger partial charge in [-0.15, -0.1) is 0 Å². The van der Waals surface area contributed by atoms with E-state index in [0.29, 0.717) is 22.2 Å². The number of carboxylic acids is 1. The molecule has 0 amide bonds. The predicted octanol–water partition coefficient (Wildman–Crippen LogP) is 3.15. The minimum atomic E-state index is -1.09. The lowest BCUT2D eigenvalue weighted by Crippen LogP contribution is -1.91. The number of carbonyl (C=O) groups is 1. The highest BCUT2D eigenvalue weighted by molar-refractivity contribution is 7.98. The number of carboxylic acid groups (broad SMARTS) is 1. The molecule has 2 aromatic rings. The highest BCUT2D eigenvalue weighted by Gasteiger charge is 2.10. The average Bonchev–Trinajstić information content (AvgIpc) is 2.94. The third-order valence-corrected chi connectivity index (χ3v) is 3.54. The standard InChI is InChI=1S/C14H11NO4S/c1-18-12-6-9(2-3-10(12)7-15)8-20-13-5-4-11(19-13)14(16)17/h2-6H,8H2,1H3,(H,16,17). The number of furan rings is 1. The van der Waals surface area contributed by atoms with E-state index in [9.17, 15) is 4.79 Å². The Balaban J connectivity index is 2.07. The molecule has 0 aliphatic rings. The lowest BCUT2D eigenvalue weighted by Gasteiger charge is -2.05. The number of hydrogen-bond donors (Lipinski definition) is 1. The molecule has 6 heteroatoms. The maximum absolute atomic E-state index is 10.7. The van der Waals surface area contributed by atoms with Crippen molar-refractivity contribution >= 4 is 17.7 Å². The van der Waals surface area contributed by atoms with Gasteiger partial charge in [0.25, 0.3) is 0 Å². The van der Waals surface area contributed by atoms with Crippen LogP contribution in [0.4, 0.5) is 0 Å². The minimum Gasteiger partial charge on any atom is -0.495 e. The Kier molecular flexibility index (Phi) is 4.33. The van der Waals surface area contributed by atoms with Gasteiger partial charge in [0.05, 0.1) is 12.7 Å². The summed E-state index contributed by atoms with van der Waals surface area (Å²) in [5.41, 5.74) is 1.44. The van der Waals surface area contributed by atoms with Gasteiger partial charge in [0.2, 0.25) is 5.76 Å². The molecule has 1 aromatic heterocycles. The zero-order valence-electron chi connectivity index (χ0n) is 10.6. The van der Waals surface area contributed by atoms with Crippen LogP contribution in [0.3, 0.4) is 0 Å². The second-order valence-electron chi connectivity index (χ2n) is 3.86. The maximum Gasteiger partial charge on any atom is 0.371 e. The fourth-order valence-corrected chi connectivity index (χ4v) is 2.39. The number of methoxy groups -OCH3 is 1. The Labute approximate surface area is 119 Å². The number of aromatic carboxylic acids is 1. The summed E-state index contributed by atoms with van der Waals surface area (Å²) in [6, 6.07) is 10.4. The number of nitrogens with zero attached hydrogens (tertiary/aromatic N) is 1. The van der Waals surface area contributed by atoms with Crippen LogP contribution in [0, 0.1) is 11.3 Å². The van der Waals surface area contributed by atoms with Crippen molar-refractivity contribution in [1.82, 2.24) is 0 Å². The average molecular weight is 289 g/mol. The molecule has 102 valence electrons. The minimum absolute atomic E-state index is 0.0788. The maximum atomic E-state index is 10.7. The summed E-state index contributed by atoms with van der Waals surface area (Å²) < 4.78 is 10.3. The fourth-order valence-electron chi connectivity index (χ4n) is 1.58. The molecule has 0 spiro atoms. The number of ether oxygens (including phenoxy) is 1. The van der Waals surface area contributed by atoms with Crippen molar-refractivity contribution in [2.45, 2.75) is 10.8 Å². The number of hydrogen-bond acceptors (Lipinski definition) is 5. The largest absolute Gasteiger partial charge is 0.495 e. The molecule has 0 aliphatic heterocycles. The monoisotopic (exact) mass is 289 g/mol. The van der Waals surface area contributed by atoms with Crippen molar-refractivity contribution in [1.29, 1.82) is 5.26 Å². The van der Waals surface area contributed by atoms with Crippen molar-refractivity contribution in [3.05, 3.63) is 47.2 Å². The van der Waals surface area contributed by atoms with Crippen molar-refractivity contribution < 1.29 is 19.1 Å². The van der Waals surface area contributed by atoms with E-state index in [0.717, 1.165) is 5.56 Å². The van der Waals surface area contributed by atoms with Crippen LogP contribution in [0.25, 0.3) is 0 Å². The van der Waals surface area contributed by atoms with Gasteiger partial charge in [-0.3, -0.25) is 0 Å². The molecule has 20 heavy (non-hydrogen) atoms. The topological polar surface area (TPSA) is 83.5 Å². The Morgan fingerprint density at radius 2 is 2.25 bits per heavy atom. The first-order chi connectivity index (χ1) is 9.63. The molecule has 1 aromatic carbocycles. The quantitative estimate of drug-likeness (QED) is 0.851. The summed E-state index contributed by atoms with van der Waals surface area (Å²) >= 11 is 1.38. The van der Waals surface area contributed by atoms with E-state index in [1.54, 1.807) is 18.2 Å². The van der Waals surface area contributed by atoms with Crippen molar-refractivity contribution in [3.63, 3.8) is 0 Å². The Hall–Kier alpha value is -2.39. The van der Waals surface area contributed by atoms with Crippen LogP contribution in [0.2, 0.25) is 0 Å². The van der Waals surface area contributed by atoms with Gasteiger partial charge < -0.3 is 14.3 Å². The summed E-state index contributed by atoms with van der Waals surface area (Å²) in [6.45, 7) is 0. The van der Waals surface area contributed by atoms with Crippen LogP contribution in [-0.2, 0) is 5.75 Å². The molecule has 1 N–H and O–H groups in total. The second-order valence-corrected chi connectivity index (χ2v) is 4.84. The molecule has 2 rings (SSSR count). The Morgan fingerprint density at radius 1 is 1.45 bits per heavy atom. The number of nitriles is 1. The smallest absolute Gasteiger partial charge is 0.371 e. The first-order valence-corrected chi connectivity index (χ1v) is 6.65. The number of benzene rings is 1. The van der Waals surface area contributed by atoms with Gasteiger partial charge in [-0.05, 0) is 29.8 Å². The van der Waals surface area contributed by atoms with Crippen LogP contribution in [-0.4, -0.2) is 18.2 Å². The molecule has 0 aliphatic carbocycles. The van der Waals surface area contributed by atoms with E-state index < -0.39 is 5.97 Å². The normalized spacial score (nSPS) is 10.0. The molecule has 0 bridgehead atoms. The molecular formula is C14H11NO4S. The van der Waals surface area contributed by atoms with E-state index >= 15 is 0 Å². The predicted molar refractivity (Wildman–Crippen MR) is 72.9 cm³/mol. The van der Waals surface area contributed by atoms with E-state index in [1.807, 2.05) is 12.1 Å². The van der Waals surface area contributed by atoms with Gasteiger partial charge in [-0.25, -0.2) is 4.79 Å². The van der Waals surface area contributed by atoms with Crippen molar-refractivity contribution in [3.8, 4) is 11.8 Å². The molecule has 0 atom stereocenters. The summed E-state index contributed by atoms with van der Waals surface area (Å²) in [4.78, 5) is 10.7. The molecule has 0 unspecified atom stereocenters. The van der Waals surface area contributed by atoms with Crippen LogP contribution in [0.5, 0.6) is 5.75 Å². The van der Waals surface area contributed by atoms with Gasteiger partial charge in [-0.2, -0.15) is 5.26 Å².